The Morgan fingerprint density at radius 3 is 2.21 bits per heavy atom. The number of hydrogen-bond acceptors (Lipinski definition) is 6. The van der Waals surface area contributed by atoms with Gasteiger partial charge in [0.2, 0.25) is 34.8 Å². The highest BCUT2D eigenvalue weighted by Crippen LogP contribution is 2.29. The lowest BCUT2D eigenvalue weighted by atomic mass is 10.2. The van der Waals surface area contributed by atoms with Crippen molar-refractivity contribution in [1.82, 2.24) is 19.1 Å². The van der Waals surface area contributed by atoms with Crippen LogP contribution in [0.15, 0.2) is 27.8 Å². The van der Waals surface area contributed by atoms with Crippen LogP contribution in [0.1, 0.15) is 5.56 Å². The molecule has 2 aliphatic heterocycles. The van der Waals surface area contributed by atoms with Crippen LogP contribution < -0.4 is 16.0 Å². The fourth-order valence-corrected chi connectivity index (χ4v) is 3.17. The standard InChI is InChI=1S/C20H11F5N4O4/c1-7-3-4-8-9(5-7)28(2)18-16(26-8)19(31)29(20(32)27-18)6-10(30)33-17-14(24)12(22)11(21)13(23)15(17)25/h3-5H,6H2,1-2H3. The van der Waals surface area contributed by atoms with Gasteiger partial charge in [-0.25, -0.2) is 32.3 Å². The minimum atomic E-state index is -2.44. The second-order valence-corrected chi connectivity index (χ2v) is 6.99. The maximum atomic E-state index is 13.7. The Balaban J connectivity index is 1.78. The Bertz CT molecular complexity index is 1530. The van der Waals surface area contributed by atoms with Gasteiger partial charge in [0, 0.05) is 7.05 Å². The zero-order chi connectivity index (χ0) is 24.2. The third-order valence-corrected chi connectivity index (χ3v) is 4.81. The molecule has 2 aromatic rings. The van der Waals surface area contributed by atoms with Crippen molar-refractivity contribution in [3.8, 4) is 17.3 Å². The van der Waals surface area contributed by atoms with Gasteiger partial charge < -0.3 is 9.30 Å². The number of fused-ring (bicyclic) bond motifs is 2. The number of rotatable bonds is 3. The van der Waals surface area contributed by atoms with E-state index in [1.54, 1.807) is 25.2 Å². The van der Waals surface area contributed by atoms with Gasteiger partial charge in [-0.3, -0.25) is 4.79 Å². The van der Waals surface area contributed by atoms with Gasteiger partial charge in [0.25, 0.3) is 5.56 Å². The van der Waals surface area contributed by atoms with Crippen LogP contribution in [0, 0.1) is 36.0 Å². The predicted molar refractivity (Wildman–Crippen MR) is 102 cm³/mol. The SMILES string of the molecule is Cc1ccc2nc3c(=O)n(CC(=O)Oc4c(F)c(F)c(F)c(F)c4F)c(=O)nc-3n(C)c2c1. The molecule has 0 radical (unpaired) electrons. The van der Waals surface area contributed by atoms with Gasteiger partial charge in [0.15, 0.2) is 11.5 Å². The number of carbonyl (C=O) groups excluding carboxylic acids is 1. The fourth-order valence-electron chi connectivity index (χ4n) is 3.17. The third kappa shape index (κ3) is 3.50. The van der Waals surface area contributed by atoms with Gasteiger partial charge in [-0.1, -0.05) is 6.07 Å². The maximum Gasteiger partial charge on any atom is 0.353 e. The summed E-state index contributed by atoms with van der Waals surface area (Å²) in [6.45, 7) is 0.599. The predicted octanol–water partition coefficient (Wildman–Crippen LogP) is 2.20. The van der Waals surface area contributed by atoms with Gasteiger partial charge in [0.05, 0.1) is 11.0 Å². The van der Waals surface area contributed by atoms with Crippen LogP contribution in [0.3, 0.4) is 0 Å². The summed E-state index contributed by atoms with van der Waals surface area (Å²) in [6.07, 6.45) is 0. The first-order valence-electron chi connectivity index (χ1n) is 9.11. The van der Waals surface area contributed by atoms with Crippen LogP contribution in [-0.2, 0) is 18.4 Å². The van der Waals surface area contributed by atoms with E-state index < -0.39 is 58.6 Å². The number of ether oxygens (including phenoxy) is 1. The number of carbonyl (C=O) groups is 1. The molecule has 0 saturated heterocycles. The fraction of sp³-hybridized carbons (Fsp3) is 0.150. The Kier molecular flexibility index (Phi) is 5.18. The normalized spacial score (nSPS) is 11.4. The van der Waals surface area contributed by atoms with Crippen LogP contribution in [0.4, 0.5) is 22.0 Å². The number of benzene rings is 2. The van der Waals surface area contributed by atoms with Gasteiger partial charge in [-0.05, 0) is 24.6 Å². The molecule has 2 heterocycles. The Morgan fingerprint density at radius 1 is 0.970 bits per heavy atom. The molecule has 2 aliphatic rings. The van der Waals surface area contributed by atoms with E-state index >= 15 is 0 Å². The summed E-state index contributed by atoms with van der Waals surface area (Å²) in [7, 11) is 1.54. The molecule has 170 valence electrons. The van der Waals surface area contributed by atoms with Gasteiger partial charge >= 0.3 is 11.7 Å². The summed E-state index contributed by atoms with van der Waals surface area (Å²) in [5.74, 6) is -15.5. The van der Waals surface area contributed by atoms with E-state index in [0.29, 0.717) is 11.0 Å². The molecule has 0 N–H and O–H groups in total. The first kappa shape index (κ1) is 22.0. The van der Waals surface area contributed by atoms with E-state index in [2.05, 4.69) is 14.7 Å². The number of esters is 1. The number of nitrogens with zero attached hydrogens (tertiary/aromatic N) is 4. The van der Waals surface area contributed by atoms with Crippen molar-refractivity contribution in [2.24, 2.45) is 7.05 Å². The highest BCUT2D eigenvalue weighted by atomic mass is 19.2. The van der Waals surface area contributed by atoms with E-state index in [-0.39, 0.29) is 16.1 Å². The zero-order valence-corrected chi connectivity index (χ0v) is 16.8. The molecule has 0 spiro atoms. The molecular weight excluding hydrogens is 455 g/mol. The van der Waals surface area contributed by atoms with E-state index in [1.807, 2.05) is 6.92 Å². The molecule has 4 rings (SSSR count). The number of aromatic nitrogens is 4. The highest BCUT2D eigenvalue weighted by molar-refractivity contribution is 5.80. The van der Waals surface area contributed by atoms with E-state index in [4.69, 9.17) is 0 Å². The molecular formula is C20H11F5N4O4. The van der Waals surface area contributed by atoms with Crippen molar-refractivity contribution < 1.29 is 31.5 Å². The summed E-state index contributed by atoms with van der Waals surface area (Å²) in [5.41, 5.74) is -0.757. The van der Waals surface area contributed by atoms with Crippen LogP contribution in [0.2, 0.25) is 0 Å². The lowest BCUT2D eigenvalue weighted by molar-refractivity contribution is -0.135. The van der Waals surface area contributed by atoms with E-state index in [1.165, 1.54) is 4.57 Å². The largest absolute Gasteiger partial charge is 0.419 e. The molecule has 13 heteroatoms. The Labute approximate surface area is 179 Å². The molecule has 33 heavy (non-hydrogen) atoms. The molecule has 8 nitrogen and oxygen atoms in total. The van der Waals surface area contributed by atoms with Gasteiger partial charge in [0.1, 0.15) is 6.54 Å². The molecule has 0 aromatic heterocycles. The highest BCUT2D eigenvalue weighted by Gasteiger charge is 2.29. The van der Waals surface area contributed by atoms with Crippen molar-refractivity contribution in [3.63, 3.8) is 0 Å². The average molecular weight is 466 g/mol. The second-order valence-electron chi connectivity index (χ2n) is 6.99. The molecule has 0 aliphatic carbocycles. The van der Waals surface area contributed by atoms with Crippen LogP contribution in [-0.4, -0.2) is 25.1 Å². The summed E-state index contributed by atoms with van der Waals surface area (Å²) in [4.78, 5) is 45.2. The van der Waals surface area contributed by atoms with Gasteiger partial charge in [-0.15, -0.1) is 0 Å². The Hall–Kier alpha value is -4.16. The van der Waals surface area contributed by atoms with E-state index in [9.17, 15) is 36.3 Å². The molecule has 0 saturated carbocycles. The summed E-state index contributed by atoms with van der Waals surface area (Å²) in [6, 6.07) is 5.10. The first-order chi connectivity index (χ1) is 15.5. The maximum absolute atomic E-state index is 13.7. The summed E-state index contributed by atoms with van der Waals surface area (Å²) < 4.78 is 73.1. The number of halogens is 5. The van der Waals surface area contributed by atoms with Crippen LogP contribution in [0.5, 0.6) is 5.75 Å². The van der Waals surface area contributed by atoms with E-state index in [0.717, 1.165) is 5.56 Å². The first-order valence-corrected chi connectivity index (χ1v) is 9.11. The topological polar surface area (TPSA) is 96.1 Å². The molecule has 2 aromatic carbocycles. The minimum Gasteiger partial charge on any atom is -0.419 e. The average Bonchev–Trinajstić information content (AvgIpc) is 2.78. The molecule has 0 bridgehead atoms. The minimum absolute atomic E-state index is 0.0903. The zero-order valence-electron chi connectivity index (χ0n) is 16.8. The molecule has 0 fully saturated rings. The molecule has 0 unspecified atom stereocenters. The van der Waals surface area contributed by atoms with Crippen molar-refractivity contribution in [3.05, 3.63) is 73.7 Å². The van der Waals surface area contributed by atoms with Gasteiger partial charge in [-0.2, -0.15) is 13.8 Å². The lowest BCUT2D eigenvalue weighted by Gasteiger charge is -2.14. The Morgan fingerprint density at radius 2 is 1.58 bits per heavy atom. The monoisotopic (exact) mass is 466 g/mol. The van der Waals surface area contributed by atoms with Crippen LogP contribution >= 0.6 is 0 Å². The summed E-state index contributed by atoms with van der Waals surface area (Å²) in [5, 5.41) is 0. The number of hydrogen-bond donors (Lipinski definition) is 0. The van der Waals surface area contributed by atoms with Crippen molar-refractivity contribution in [1.29, 1.82) is 0 Å². The quantitative estimate of drug-likeness (QED) is 0.115. The second kappa shape index (κ2) is 7.76. The van der Waals surface area contributed by atoms with Crippen molar-refractivity contribution >= 4 is 17.0 Å². The van der Waals surface area contributed by atoms with Crippen molar-refractivity contribution in [2.75, 3.05) is 0 Å². The van der Waals surface area contributed by atoms with Crippen molar-refractivity contribution in [2.45, 2.75) is 13.5 Å². The third-order valence-electron chi connectivity index (χ3n) is 4.81. The summed E-state index contributed by atoms with van der Waals surface area (Å²) >= 11 is 0. The van der Waals surface area contributed by atoms with Crippen LogP contribution in [0.25, 0.3) is 22.6 Å². The number of aryl methyl sites for hydroxylation is 2. The molecule has 0 amide bonds. The smallest absolute Gasteiger partial charge is 0.353 e. The molecule has 0 atom stereocenters. The lowest BCUT2D eigenvalue weighted by Crippen LogP contribution is -2.41.